The second kappa shape index (κ2) is 7.30. The van der Waals surface area contributed by atoms with Crippen LogP contribution in [0.4, 0.5) is 18.9 Å². The van der Waals surface area contributed by atoms with Crippen LogP contribution in [0, 0.1) is 6.92 Å². The maximum Gasteiger partial charge on any atom is 0.471 e. The highest BCUT2D eigenvalue weighted by Gasteiger charge is 2.47. The van der Waals surface area contributed by atoms with Crippen LogP contribution in [-0.4, -0.2) is 47.9 Å². The predicted molar refractivity (Wildman–Crippen MR) is 84.0 cm³/mol. The largest absolute Gasteiger partial charge is 0.471 e. The third-order valence-electron chi connectivity index (χ3n) is 3.75. The van der Waals surface area contributed by atoms with Gasteiger partial charge in [0, 0.05) is 23.8 Å². The molecule has 1 aromatic carbocycles. The van der Waals surface area contributed by atoms with Crippen LogP contribution in [-0.2, 0) is 14.4 Å². The lowest BCUT2D eigenvalue weighted by Gasteiger charge is -2.35. The molecule has 0 saturated carbocycles. The Bertz CT molecular complexity index is 709. The zero-order chi connectivity index (χ0) is 18.8. The summed E-state index contributed by atoms with van der Waals surface area (Å²) < 4.78 is 38.0. The van der Waals surface area contributed by atoms with Gasteiger partial charge >= 0.3 is 12.1 Å². The molecule has 2 rings (SSSR count). The average molecular weight is 378 g/mol. The topological polar surface area (TPSA) is 78.5 Å². The Kier molecular flexibility index (Phi) is 5.56. The summed E-state index contributed by atoms with van der Waals surface area (Å²) >= 11 is 5.93. The second-order valence-electron chi connectivity index (χ2n) is 5.47. The zero-order valence-corrected chi connectivity index (χ0v) is 13.9. The molecule has 136 valence electrons. The molecule has 0 bridgehead atoms. The molecule has 25 heavy (non-hydrogen) atoms. The van der Waals surface area contributed by atoms with Crippen molar-refractivity contribution in [1.82, 2.24) is 10.2 Å². The van der Waals surface area contributed by atoms with Crippen molar-refractivity contribution in [3.8, 4) is 0 Å². The fourth-order valence-electron chi connectivity index (χ4n) is 2.44. The summed E-state index contributed by atoms with van der Waals surface area (Å²) in [5.41, 5.74) is 0.955. The van der Waals surface area contributed by atoms with Crippen molar-refractivity contribution >= 4 is 35.0 Å². The standard InChI is InChI=1S/C15H15ClF3N3O3/c1-8-9(16)3-2-4-10(8)21-12(23)7-11-13(24)20-5-6-22(11)14(25)15(17,18)19/h2-4,11H,5-7H2,1H3,(H,20,24)(H,21,23)/t11-/m0/s1. The van der Waals surface area contributed by atoms with E-state index in [1.54, 1.807) is 25.1 Å². The van der Waals surface area contributed by atoms with E-state index >= 15 is 0 Å². The summed E-state index contributed by atoms with van der Waals surface area (Å²) in [6, 6.07) is 3.25. The second-order valence-corrected chi connectivity index (χ2v) is 5.88. The first-order chi connectivity index (χ1) is 11.6. The quantitative estimate of drug-likeness (QED) is 0.844. The van der Waals surface area contributed by atoms with Gasteiger partial charge in [-0.1, -0.05) is 17.7 Å². The third-order valence-corrected chi connectivity index (χ3v) is 4.16. The summed E-state index contributed by atoms with van der Waals surface area (Å²) in [4.78, 5) is 35.9. The highest BCUT2D eigenvalue weighted by Crippen LogP contribution is 2.25. The number of carbonyl (C=O) groups is 3. The van der Waals surface area contributed by atoms with E-state index in [1.165, 1.54) is 0 Å². The van der Waals surface area contributed by atoms with Crippen LogP contribution in [0.3, 0.4) is 0 Å². The molecule has 0 radical (unpaired) electrons. The normalized spacial score (nSPS) is 17.9. The van der Waals surface area contributed by atoms with Gasteiger partial charge in [-0.25, -0.2) is 0 Å². The van der Waals surface area contributed by atoms with Crippen LogP contribution in [0.2, 0.25) is 5.02 Å². The molecule has 0 spiro atoms. The van der Waals surface area contributed by atoms with Gasteiger partial charge in [-0.15, -0.1) is 0 Å². The van der Waals surface area contributed by atoms with Gasteiger partial charge in [-0.05, 0) is 24.6 Å². The van der Waals surface area contributed by atoms with Crippen LogP contribution in [0.1, 0.15) is 12.0 Å². The Morgan fingerprint density at radius 3 is 2.72 bits per heavy atom. The van der Waals surface area contributed by atoms with Crippen molar-refractivity contribution in [3.05, 3.63) is 28.8 Å². The number of nitrogens with zero attached hydrogens (tertiary/aromatic N) is 1. The fourth-order valence-corrected chi connectivity index (χ4v) is 2.62. The molecule has 1 aliphatic rings. The van der Waals surface area contributed by atoms with E-state index in [4.69, 9.17) is 11.6 Å². The minimum atomic E-state index is -5.12. The van der Waals surface area contributed by atoms with Crippen molar-refractivity contribution < 1.29 is 27.6 Å². The number of anilines is 1. The Morgan fingerprint density at radius 1 is 1.40 bits per heavy atom. The number of nitrogens with one attached hydrogen (secondary N) is 2. The highest BCUT2D eigenvalue weighted by atomic mass is 35.5. The first kappa shape index (κ1) is 19.0. The monoisotopic (exact) mass is 377 g/mol. The molecule has 6 nitrogen and oxygen atoms in total. The van der Waals surface area contributed by atoms with Gasteiger partial charge in [0.05, 0.1) is 6.42 Å². The molecule has 0 aliphatic carbocycles. The van der Waals surface area contributed by atoms with E-state index in [-0.39, 0.29) is 13.1 Å². The maximum absolute atomic E-state index is 12.7. The number of benzene rings is 1. The molecule has 1 fully saturated rings. The predicted octanol–water partition coefficient (Wildman–Crippen LogP) is 1.87. The van der Waals surface area contributed by atoms with E-state index in [1.807, 2.05) is 0 Å². The number of halogens is 4. The molecule has 2 N–H and O–H groups in total. The summed E-state index contributed by atoms with van der Waals surface area (Å²) in [6.45, 7) is 1.23. The lowest BCUT2D eigenvalue weighted by molar-refractivity contribution is -0.189. The van der Waals surface area contributed by atoms with Crippen molar-refractivity contribution in [2.24, 2.45) is 0 Å². The summed E-state index contributed by atoms with van der Waals surface area (Å²) in [5, 5.41) is 5.26. The molecule has 3 amide bonds. The van der Waals surface area contributed by atoms with Crippen LogP contribution in [0.25, 0.3) is 0 Å². The smallest absolute Gasteiger partial charge is 0.353 e. The van der Waals surface area contributed by atoms with Gasteiger partial charge in [0.2, 0.25) is 11.8 Å². The van der Waals surface area contributed by atoms with Gasteiger partial charge in [0.15, 0.2) is 0 Å². The molecule has 1 atom stereocenters. The molecule has 0 aromatic heterocycles. The van der Waals surface area contributed by atoms with Gasteiger partial charge in [-0.3, -0.25) is 14.4 Å². The number of amides is 3. The number of hydrogen-bond acceptors (Lipinski definition) is 3. The number of piperazine rings is 1. The van der Waals surface area contributed by atoms with Crippen molar-refractivity contribution in [2.45, 2.75) is 25.6 Å². The average Bonchev–Trinajstić information content (AvgIpc) is 2.52. The van der Waals surface area contributed by atoms with E-state index in [0.29, 0.717) is 21.2 Å². The first-order valence-electron chi connectivity index (χ1n) is 7.31. The molecule has 1 saturated heterocycles. The van der Waals surface area contributed by atoms with Gasteiger partial charge < -0.3 is 15.5 Å². The van der Waals surface area contributed by atoms with Gasteiger partial charge in [0.1, 0.15) is 6.04 Å². The number of carbonyl (C=O) groups excluding carboxylic acids is 3. The Hall–Kier alpha value is -2.29. The lowest BCUT2D eigenvalue weighted by atomic mass is 10.1. The number of alkyl halides is 3. The Labute approximate surface area is 146 Å². The third kappa shape index (κ3) is 4.41. The zero-order valence-electron chi connectivity index (χ0n) is 13.1. The summed E-state index contributed by atoms with van der Waals surface area (Å²) in [6.07, 6.45) is -5.71. The number of hydrogen-bond donors (Lipinski definition) is 2. The molecular weight excluding hydrogens is 363 g/mol. The van der Waals surface area contributed by atoms with Crippen molar-refractivity contribution in [2.75, 3.05) is 18.4 Å². The number of rotatable bonds is 3. The lowest BCUT2D eigenvalue weighted by Crippen LogP contribution is -2.60. The molecular formula is C15H15ClF3N3O3. The van der Waals surface area contributed by atoms with Gasteiger partial charge in [-0.2, -0.15) is 13.2 Å². The minimum Gasteiger partial charge on any atom is -0.353 e. The molecule has 0 unspecified atom stereocenters. The Morgan fingerprint density at radius 2 is 2.08 bits per heavy atom. The first-order valence-corrected chi connectivity index (χ1v) is 7.69. The van der Waals surface area contributed by atoms with E-state index in [2.05, 4.69) is 10.6 Å². The van der Waals surface area contributed by atoms with Crippen LogP contribution < -0.4 is 10.6 Å². The maximum atomic E-state index is 12.7. The summed E-state index contributed by atoms with van der Waals surface area (Å²) in [5.74, 6) is -3.65. The van der Waals surface area contributed by atoms with Crippen molar-refractivity contribution in [3.63, 3.8) is 0 Å². The van der Waals surface area contributed by atoms with E-state index < -0.39 is 36.4 Å². The fraction of sp³-hybridized carbons (Fsp3) is 0.400. The van der Waals surface area contributed by atoms with Gasteiger partial charge in [0.25, 0.3) is 0 Å². The minimum absolute atomic E-state index is 0.105. The molecule has 1 heterocycles. The van der Waals surface area contributed by atoms with E-state index in [9.17, 15) is 27.6 Å². The molecule has 1 aromatic rings. The highest BCUT2D eigenvalue weighted by molar-refractivity contribution is 6.31. The van der Waals surface area contributed by atoms with Crippen molar-refractivity contribution in [1.29, 1.82) is 0 Å². The van der Waals surface area contributed by atoms with Crippen LogP contribution in [0.15, 0.2) is 18.2 Å². The Balaban J connectivity index is 2.14. The summed E-state index contributed by atoms with van der Waals surface area (Å²) in [7, 11) is 0. The van der Waals surface area contributed by atoms with E-state index in [0.717, 1.165) is 0 Å². The SMILES string of the molecule is Cc1c(Cl)cccc1NC(=O)C[C@H]1C(=O)NCCN1C(=O)C(F)(F)F. The molecule has 1 aliphatic heterocycles. The van der Waals surface area contributed by atoms with Crippen LogP contribution >= 0.6 is 11.6 Å². The molecule has 10 heteroatoms. The van der Waals surface area contributed by atoms with Crippen LogP contribution in [0.5, 0.6) is 0 Å².